The summed E-state index contributed by atoms with van der Waals surface area (Å²) in [5, 5.41) is 11.4. The van der Waals surface area contributed by atoms with Gasteiger partial charge in [-0.05, 0) is 29.8 Å². The Morgan fingerprint density at radius 2 is 2.22 bits per heavy atom. The lowest BCUT2D eigenvalue weighted by atomic mass is 10.2. The van der Waals surface area contributed by atoms with E-state index in [1.54, 1.807) is 24.3 Å². The number of anilines is 1. The minimum atomic E-state index is -0.303. The molecule has 92 valence electrons. The van der Waals surface area contributed by atoms with Gasteiger partial charge in [-0.2, -0.15) is 0 Å². The maximum atomic E-state index is 11.5. The van der Waals surface area contributed by atoms with Crippen LogP contribution in [-0.2, 0) is 4.79 Å². The van der Waals surface area contributed by atoms with E-state index in [9.17, 15) is 4.79 Å². The van der Waals surface area contributed by atoms with Crippen molar-refractivity contribution in [3.8, 4) is 0 Å². The number of hydrogen-bond acceptors (Lipinski definition) is 4. The predicted octanol–water partition coefficient (Wildman–Crippen LogP) is 3.50. The second-order valence-electron chi connectivity index (χ2n) is 3.23. The minimum absolute atomic E-state index is 0.303. The molecule has 0 atom stereocenters. The van der Waals surface area contributed by atoms with Crippen LogP contribution < -0.4 is 5.32 Å². The summed E-state index contributed by atoms with van der Waals surface area (Å²) in [5.41, 5.74) is 2.21. The van der Waals surface area contributed by atoms with Crippen molar-refractivity contribution in [3.05, 3.63) is 45.4 Å². The number of benzene rings is 1. The summed E-state index contributed by atoms with van der Waals surface area (Å²) in [6.07, 6.45) is 2.95. The minimum Gasteiger partial charge on any atom is -0.297 e. The number of aromatic nitrogens is 2. The van der Waals surface area contributed by atoms with E-state index in [2.05, 4.69) is 15.5 Å². The maximum Gasteiger partial charge on any atom is 0.250 e. The Bertz CT molecular complexity index is 584. The lowest BCUT2D eigenvalue weighted by Gasteiger charge is -1.99. The van der Waals surface area contributed by atoms with Crippen molar-refractivity contribution in [2.75, 3.05) is 5.32 Å². The van der Waals surface area contributed by atoms with Crippen LogP contribution in [0.15, 0.2) is 29.8 Å². The fourth-order valence-electron chi connectivity index (χ4n) is 1.18. The Morgan fingerprint density at radius 1 is 1.39 bits per heavy atom. The SMILES string of the molecule is O=C(/C=C/c1cc(Cl)ccc1Cl)Nc1nncs1. The molecule has 0 radical (unpaired) electrons. The number of carbonyl (C=O) groups excluding carboxylic acids is 1. The van der Waals surface area contributed by atoms with Crippen LogP contribution in [0.1, 0.15) is 5.56 Å². The molecular weight excluding hydrogens is 293 g/mol. The standard InChI is InChI=1S/C11H7Cl2N3OS/c12-8-2-3-9(13)7(5-8)1-4-10(17)15-11-16-14-6-18-11/h1-6H,(H,15,16,17)/b4-1+. The third-order valence-electron chi connectivity index (χ3n) is 1.96. The lowest BCUT2D eigenvalue weighted by molar-refractivity contribution is -0.111. The summed E-state index contributed by atoms with van der Waals surface area (Å²) < 4.78 is 0. The van der Waals surface area contributed by atoms with E-state index in [0.29, 0.717) is 20.7 Å². The second kappa shape index (κ2) is 5.95. The van der Waals surface area contributed by atoms with Gasteiger partial charge in [0.25, 0.3) is 0 Å². The number of nitrogens with zero attached hydrogens (tertiary/aromatic N) is 2. The molecular formula is C11H7Cl2N3OS. The van der Waals surface area contributed by atoms with Crippen LogP contribution in [0.5, 0.6) is 0 Å². The van der Waals surface area contributed by atoms with Crippen molar-refractivity contribution >= 4 is 51.7 Å². The molecule has 1 aromatic heterocycles. The van der Waals surface area contributed by atoms with Crippen LogP contribution in [0.2, 0.25) is 10.0 Å². The number of amides is 1. The van der Waals surface area contributed by atoms with E-state index in [1.807, 2.05) is 0 Å². The van der Waals surface area contributed by atoms with Gasteiger partial charge in [0.05, 0.1) is 0 Å². The van der Waals surface area contributed by atoms with Gasteiger partial charge in [0, 0.05) is 16.1 Å². The highest BCUT2D eigenvalue weighted by molar-refractivity contribution is 7.13. The first-order valence-electron chi connectivity index (χ1n) is 4.85. The van der Waals surface area contributed by atoms with E-state index in [4.69, 9.17) is 23.2 Å². The first-order chi connectivity index (χ1) is 8.65. The highest BCUT2D eigenvalue weighted by Gasteiger charge is 2.02. The molecule has 0 bridgehead atoms. The zero-order valence-corrected chi connectivity index (χ0v) is 11.3. The van der Waals surface area contributed by atoms with Crippen molar-refractivity contribution in [1.29, 1.82) is 0 Å². The predicted molar refractivity (Wildman–Crippen MR) is 74.0 cm³/mol. The normalized spacial score (nSPS) is 10.8. The molecule has 7 heteroatoms. The fourth-order valence-corrected chi connectivity index (χ4v) is 1.99. The monoisotopic (exact) mass is 299 g/mol. The molecule has 1 N–H and O–H groups in total. The Labute approximate surface area is 117 Å². The molecule has 0 aliphatic rings. The van der Waals surface area contributed by atoms with E-state index >= 15 is 0 Å². The van der Waals surface area contributed by atoms with Gasteiger partial charge in [-0.1, -0.05) is 34.5 Å². The van der Waals surface area contributed by atoms with Gasteiger partial charge >= 0.3 is 0 Å². The lowest BCUT2D eigenvalue weighted by Crippen LogP contribution is -2.07. The molecule has 2 aromatic rings. The van der Waals surface area contributed by atoms with Gasteiger partial charge in [0.1, 0.15) is 5.51 Å². The smallest absolute Gasteiger partial charge is 0.250 e. The molecule has 0 saturated heterocycles. The molecule has 4 nitrogen and oxygen atoms in total. The van der Waals surface area contributed by atoms with Crippen LogP contribution >= 0.6 is 34.5 Å². The molecule has 1 aromatic carbocycles. The molecule has 0 aliphatic heterocycles. The van der Waals surface area contributed by atoms with Crippen molar-refractivity contribution in [1.82, 2.24) is 10.2 Å². The molecule has 0 fully saturated rings. The topological polar surface area (TPSA) is 54.9 Å². The van der Waals surface area contributed by atoms with E-state index in [0.717, 1.165) is 0 Å². The molecule has 0 unspecified atom stereocenters. The third-order valence-corrected chi connectivity index (χ3v) is 3.15. The molecule has 1 amide bonds. The van der Waals surface area contributed by atoms with Crippen molar-refractivity contribution in [3.63, 3.8) is 0 Å². The van der Waals surface area contributed by atoms with Crippen LogP contribution in [0.3, 0.4) is 0 Å². The highest BCUT2D eigenvalue weighted by atomic mass is 35.5. The van der Waals surface area contributed by atoms with Crippen molar-refractivity contribution < 1.29 is 4.79 Å². The van der Waals surface area contributed by atoms with Crippen molar-refractivity contribution in [2.45, 2.75) is 0 Å². The average Bonchev–Trinajstić information content (AvgIpc) is 2.83. The van der Waals surface area contributed by atoms with Crippen LogP contribution in [0, 0.1) is 0 Å². The summed E-state index contributed by atoms with van der Waals surface area (Å²) in [6.45, 7) is 0. The second-order valence-corrected chi connectivity index (χ2v) is 4.91. The summed E-state index contributed by atoms with van der Waals surface area (Å²) in [6, 6.07) is 5.04. The van der Waals surface area contributed by atoms with Gasteiger partial charge in [0.15, 0.2) is 0 Å². The molecule has 1 heterocycles. The Balaban J connectivity index is 2.06. The fraction of sp³-hybridized carbons (Fsp3) is 0. The Morgan fingerprint density at radius 3 is 2.94 bits per heavy atom. The van der Waals surface area contributed by atoms with Gasteiger partial charge in [0.2, 0.25) is 11.0 Å². The zero-order chi connectivity index (χ0) is 13.0. The molecule has 2 rings (SSSR count). The van der Waals surface area contributed by atoms with E-state index < -0.39 is 0 Å². The maximum absolute atomic E-state index is 11.5. The number of nitrogens with one attached hydrogen (secondary N) is 1. The summed E-state index contributed by atoms with van der Waals surface area (Å²) in [5.74, 6) is -0.303. The first kappa shape index (κ1) is 13.0. The van der Waals surface area contributed by atoms with E-state index in [-0.39, 0.29) is 5.91 Å². The number of rotatable bonds is 3. The molecule has 0 aliphatic carbocycles. The van der Waals surface area contributed by atoms with Gasteiger partial charge < -0.3 is 0 Å². The number of hydrogen-bond donors (Lipinski definition) is 1. The number of halogens is 2. The summed E-state index contributed by atoms with van der Waals surface area (Å²) >= 11 is 13.0. The largest absolute Gasteiger partial charge is 0.297 e. The summed E-state index contributed by atoms with van der Waals surface area (Å²) in [4.78, 5) is 11.5. The van der Waals surface area contributed by atoms with Crippen LogP contribution in [-0.4, -0.2) is 16.1 Å². The van der Waals surface area contributed by atoms with Crippen LogP contribution in [0.4, 0.5) is 5.13 Å². The van der Waals surface area contributed by atoms with Crippen LogP contribution in [0.25, 0.3) is 6.08 Å². The number of carbonyl (C=O) groups is 1. The first-order valence-corrected chi connectivity index (χ1v) is 6.49. The Kier molecular flexibility index (Phi) is 4.30. The average molecular weight is 300 g/mol. The van der Waals surface area contributed by atoms with E-state index in [1.165, 1.54) is 22.9 Å². The zero-order valence-electron chi connectivity index (χ0n) is 8.93. The molecule has 0 spiro atoms. The van der Waals surface area contributed by atoms with Gasteiger partial charge in [-0.3, -0.25) is 10.1 Å². The molecule has 18 heavy (non-hydrogen) atoms. The third kappa shape index (κ3) is 3.53. The molecule has 0 saturated carbocycles. The quantitative estimate of drug-likeness (QED) is 0.883. The van der Waals surface area contributed by atoms with Gasteiger partial charge in [-0.15, -0.1) is 10.2 Å². The summed E-state index contributed by atoms with van der Waals surface area (Å²) in [7, 11) is 0. The van der Waals surface area contributed by atoms with Crippen molar-refractivity contribution in [2.24, 2.45) is 0 Å². The van der Waals surface area contributed by atoms with Gasteiger partial charge in [-0.25, -0.2) is 0 Å². The Hall–Kier alpha value is -1.43. The highest BCUT2D eigenvalue weighted by Crippen LogP contribution is 2.21.